The molecule has 3 aromatic rings. The molecule has 0 N–H and O–H groups in total. The van der Waals surface area contributed by atoms with E-state index < -0.39 is 0 Å². The van der Waals surface area contributed by atoms with Gasteiger partial charge in [0.1, 0.15) is 5.15 Å². The zero-order valence-electron chi connectivity index (χ0n) is 13.9. The number of hydrogen-bond acceptors (Lipinski definition) is 4. The molecule has 24 heavy (non-hydrogen) atoms. The van der Waals surface area contributed by atoms with Crippen molar-refractivity contribution in [3.05, 3.63) is 47.2 Å². The van der Waals surface area contributed by atoms with E-state index in [1.165, 1.54) is 11.3 Å². The Kier molecular flexibility index (Phi) is 3.90. The van der Waals surface area contributed by atoms with Crippen LogP contribution in [0.3, 0.4) is 0 Å². The van der Waals surface area contributed by atoms with Gasteiger partial charge < -0.3 is 9.80 Å². The van der Waals surface area contributed by atoms with Gasteiger partial charge in [0.2, 0.25) is 0 Å². The third kappa shape index (κ3) is 2.74. The number of aromatic nitrogens is 3. The van der Waals surface area contributed by atoms with Crippen molar-refractivity contribution >= 4 is 22.9 Å². The Morgan fingerprint density at radius 3 is 2.58 bits per heavy atom. The average Bonchev–Trinajstić information content (AvgIpc) is 2.99. The minimum atomic E-state index is 0.465. The minimum Gasteiger partial charge on any atom is -0.369 e. The number of piperazine rings is 1. The Morgan fingerprint density at radius 2 is 1.83 bits per heavy atom. The van der Waals surface area contributed by atoms with Crippen LogP contribution in [0.15, 0.2) is 36.5 Å². The molecule has 0 aliphatic carbocycles. The van der Waals surface area contributed by atoms with Crippen molar-refractivity contribution in [2.24, 2.45) is 0 Å². The van der Waals surface area contributed by atoms with Gasteiger partial charge in [0.25, 0.3) is 0 Å². The summed E-state index contributed by atoms with van der Waals surface area (Å²) in [6.45, 7) is 6.53. The predicted molar refractivity (Wildman–Crippen MR) is 97.9 cm³/mol. The SMILES string of the molecule is Cc1cc(-c2cnc3ccc(Cl)nn23)ccc1N1CCN(C)CC1. The second-order valence-corrected chi connectivity index (χ2v) is 6.75. The molecule has 6 heteroatoms. The molecule has 0 spiro atoms. The van der Waals surface area contributed by atoms with Crippen LogP contribution in [0.1, 0.15) is 5.56 Å². The highest BCUT2D eigenvalue weighted by Crippen LogP contribution is 2.28. The molecule has 2 aromatic heterocycles. The lowest BCUT2D eigenvalue weighted by Crippen LogP contribution is -2.44. The molecule has 0 atom stereocenters. The zero-order valence-corrected chi connectivity index (χ0v) is 14.7. The van der Waals surface area contributed by atoms with Gasteiger partial charge in [0, 0.05) is 37.4 Å². The van der Waals surface area contributed by atoms with Crippen LogP contribution in [-0.2, 0) is 0 Å². The molecule has 5 nitrogen and oxygen atoms in total. The van der Waals surface area contributed by atoms with Crippen molar-refractivity contribution in [3.63, 3.8) is 0 Å². The second kappa shape index (κ2) is 6.07. The van der Waals surface area contributed by atoms with Gasteiger partial charge in [-0.2, -0.15) is 5.10 Å². The van der Waals surface area contributed by atoms with Crippen LogP contribution < -0.4 is 4.90 Å². The molecule has 0 unspecified atom stereocenters. The molecule has 0 amide bonds. The second-order valence-electron chi connectivity index (χ2n) is 6.36. The number of anilines is 1. The smallest absolute Gasteiger partial charge is 0.154 e. The van der Waals surface area contributed by atoms with Crippen molar-refractivity contribution in [1.29, 1.82) is 0 Å². The maximum Gasteiger partial charge on any atom is 0.154 e. The van der Waals surface area contributed by atoms with Crippen LogP contribution in [0.4, 0.5) is 5.69 Å². The number of fused-ring (bicyclic) bond motifs is 1. The Balaban J connectivity index is 1.69. The standard InChI is InChI=1S/C18H20ClN5/c1-13-11-14(3-4-15(13)23-9-7-22(2)8-10-23)16-12-20-18-6-5-17(19)21-24(16)18/h3-6,11-12H,7-10H2,1-2H3. The first kappa shape index (κ1) is 15.4. The summed E-state index contributed by atoms with van der Waals surface area (Å²) in [6.07, 6.45) is 1.85. The van der Waals surface area contributed by atoms with Crippen LogP contribution in [0.2, 0.25) is 5.15 Å². The molecule has 4 rings (SSSR count). The van der Waals surface area contributed by atoms with Crippen LogP contribution in [0.5, 0.6) is 0 Å². The van der Waals surface area contributed by atoms with Crippen molar-refractivity contribution in [1.82, 2.24) is 19.5 Å². The van der Waals surface area contributed by atoms with Crippen LogP contribution in [0.25, 0.3) is 16.9 Å². The Labute approximate surface area is 146 Å². The van der Waals surface area contributed by atoms with Crippen LogP contribution in [0, 0.1) is 6.92 Å². The fourth-order valence-corrected chi connectivity index (χ4v) is 3.40. The summed E-state index contributed by atoms with van der Waals surface area (Å²) >= 11 is 6.03. The van der Waals surface area contributed by atoms with Crippen molar-refractivity contribution in [2.75, 3.05) is 38.1 Å². The highest BCUT2D eigenvalue weighted by atomic mass is 35.5. The first-order valence-corrected chi connectivity index (χ1v) is 8.54. The van der Waals surface area contributed by atoms with Crippen molar-refractivity contribution in [2.45, 2.75) is 6.92 Å². The lowest BCUT2D eigenvalue weighted by molar-refractivity contribution is 0.312. The van der Waals surface area contributed by atoms with E-state index in [2.05, 4.69) is 52.1 Å². The molecular weight excluding hydrogens is 322 g/mol. The number of nitrogens with zero attached hydrogens (tertiary/aromatic N) is 5. The number of halogens is 1. The molecule has 124 valence electrons. The normalized spacial score (nSPS) is 16.0. The van der Waals surface area contributed by atoms with Gasteiger partial charge in [-0.15, -0.1) is 0 Å². The Bertz CT molecular complexity index is 880. The summed E-state index contributed by atoms with van der Waals surface area (Å²) in [5, 5.41) is 4.83. The summed E-state index contributed by atoms with van der Waals surface area (Å²) in [7, 11) is 2.18. The van der Waals surface area contributed by atoms with E-state index in [1.807, 2.05) is 12.3 Å². The monoisotopic (exact) mass is 341 g/mol. The minimum absolute atomic E-state index is 0.465. The molecule has 0 bridgehead atoms. The quantitative estimate of drug-likeness (QED) is 0.717. The summed E-state index contributed by atoms with van der Waals surface area (Å²) < 4.78 is 1.80. The fourth-order valence-electron chi connectivity index (χ4n) is 3.26. The van der Waals surface area contributed by atoms with E-state index in [-0.39, 0.29) is 0 Å². The lowest BCUT2D eigenvalue weighted by Gasteiger charge is -2.35. The molecule has 1 aromatic carbocycles. The van der Waals surface area contributed by atoms with Crippen LogP contribution >= 0.6 is 11.6 Å². The number of likely N-dealkylation sites (N-methyl/N-ethyl adjacent to an activating group) is 1. The lowest BCUT2D eigenvalue weighted by atomic mass is 10.1. The van der Waals surface area contributed by atoms with Crippen LogP contribution in [-0.4, -0.2) is 52.7 Å². The van der Waals surface area contributed by atoms with Gasteiger partial charge in [0.05, 0.1) is 11.9 Å². The first-order chi connectivity index (χ1) is 11.6. The topological polar surface area (TPSA) is 36.7 Å². The molecule has 0 saturated carbocycles. The molecule has 1 aliphatic heterocycles. The number of hydrogen-bond donors (Lipinski definition) is 0. The number of aryl methyl sites for hydroxylation is 1. The molecular formula is C18H20ClN5. The third-order valence-electron chi connectivity index (χ3n) is 4.67. The molecule has 1 fully saturated rings. The van der Waals surface area contributed by atoms with Gasteiger partial charge >= 0.3 is 0 Å². The van der Waals surface area contributed by atoms with Crippen molar-refractivity contribution < 1.29 is 0 Å². The molecule has 0 radical (unpaired) electrons. The van der Waals surface area contributed by atoms with Gasteiger partial charge in [-0.25, -0.2) is 9.50 Å². The largest absolute Gasteiger partial charge is 0.369 e. The van der Waals surface area contributed by atoms with Gasteiger partial charge in [0.15, 0.2) is 5.65 Å². The van der Waals surface area contributed by atoms with E-state index in [9.17, 15) is 0 Å². The van der Waals surface area contributed by atoms with E-state index in [0.29, 0.717) is 5.15 Å². The maximum absolute atomic E-state index is 6.03. The van der Waals surface area contributed by atoms with E-state index >= 15 is 0 Å². The summed E-state index contributed by atoms with van der Waals surface area (Å²) in [5.41, 5.74) is 5.45. The number of rotatable bonds is 2. The average molecular weight is 342 g/mol. The van der Waals surface area contributed by atoms with Gasteiger partial charge in [-0.1, -0.05) is 17.7 Å². The van der Waals surface area contributed by atoms with E-state index in [1.54, 1.807) is 10.6 Å². The highest BCUT2D eigenvalue weighted by molar-refractivity contribution is 6.29. The first-order valence-electron chi connectivity index (χ1n) is 8.16. The summed E-state index contributed by atoms with van der Waals surface area (Å²) in [6, 6.07) is 10.2. The van der Waals surface area contributed by atoms with E-state index in [4.69, 9.17) is 11.6 Å². The summed E-state index contributed by atoms with van der Waals surface area (Å²) in [5.74, 6) is 0. The Morgan fingerprint density at radius 1 is 1.04 bits per heavy atom. The Hall–Kier alpha value is -2.11. The van der Waals surface area contributed by atoms with Gasteiger partial charge in [-0.3, -0.25) is 0 Å². The molecule has 3 heterocycles. The maximum atomic E-state index is 6.03. The van der Waals surface area contributed by atoms with E-state index in [0.717, 1.165) is 43.1 Å². The number of imidazole rings is 1. The van der Waals surface area contributed by atoms with Gasteiger partial charge in [-0.05, 0) is 43.8 Å². The molecule has 1 saturated heterocycles. The summed E-state index contributed by atoms with van der Waals surface area (Å²) in [4.78, 5) is 9.24. The number of benzene rings is 1. The third-order valence-corrected chi connectivity index (χ3v) is 4.87. The predicted octanol–water partition coefficient (Wildman–Crippen LogP) is 3.11. The van der Waals surface area contributed by atoms with Crippen molar-refractivity contribution in [3.8, 4) is 11.3 Å². The zero-order chi connectivity index (χ0) is 16.7. The highest BCUT2D eigenvalue weighted by Gasteiger charge is 2.17. The fraction of sp³-hybridized carbons (Fsp3) is 0.333. The molecule has 1 aliphatic rings.